The third-order valence-electron chi connectivity index (χ3n) is 0.965. The van der Waals surface area contributed by atoms with Crippen molar-refractivity contribution in [2.24, 2.45) is 0 Å². The van der Waals surface area contributed by atoms with Crippen LogP contribution in [0.5, 0.6) is 0 Å². The number of hydrogen-bond acceptors (Lipinski definition) is 1. The molecule has 2 unspecified atom stereocenters. The zero-order valence-electron chi connectivity index (χ0n) is 6.02. The second-order valence-electron chi connectivity index (χ2n) is 1.68. The summed E-state index contributed by atoms with van der Waals surface area (Å²) >= 11 is 0. The Labute approximate surface area is 59.1 Å². The highest BCUT2D eigenvalue weighted by atomic mass is 31.1. The first-order valence-electron chi connectivity index (χ1n) is 3.02. The van der Waals surface area contributed by atoms with Crippen molar-refractivity contribution in [3.63, 3.8) is 0 Å². The number of allylic oxidation sites excluding steroid dienone is 1. The van der Waals surface area contributed by atoms with E-state index in [2.05, 4.69) is 24.4 Å². The van der Waals surface area contributed by atoms with Crippen molar-refractivity contribution in [1.29, 1.82) is 0 Å². The van der Waals surface area contributed by atoms with Gasteiger partial charge in [0, 0.05) is 6.04 Å². The minimum atomic E-state index is 0.360. The first kappa shape index (κ1) is 8.87. The van der Waals surface area contributed by atoms with Gasteiger partial charge in [0.2, 0.25) is 0 Å². The summed E-state index contributed by atoms with van der Waals surface area (Å²) in [6.45, 7) is 7.81. The zero-order chi connectivity index (χ0) is 7.11. The van der Waals surface area contributed by atoms with E-state index in [0.29, 0.717) is 6.04 Å². The molecule has 0 saturated carbocycles. The first-order valence-corrected chi connectivity index (χ1v) is 4.52. The van der Waals surface area contributed by atoms with Crippen molar-refractivity contribution in [3.05, 3.63) is 24.8 Å². The van der Waals surface area contributed by atoms with E-state index in [1.165, 1.54) is 0 Å². The lowest BCUT2D eigenvalue weighted by Crippen LogP contribution is -2.14. The van der Waals surface area contributed by atoms with E-state index in [9.17, 15) is 0 Å². The standard InChI is InChI=1S/C7H14NP/c1-4-6-7(5-2)8-9-3/h4-9H,2H2,1,3H3/b6-4-. The SMILES string of the molecule is C=CC(/C=C\C)NPC. The molecule has 2 heteroatoms. The fraction of sp³-hybridized carbons (Fsp3) is 0.429. The van der Waals surface area contributed by atoms with E-state index in [4.69, 9.17) is 0 Å². The number of nitrogens with one attached hydrogen (secondary N) is 1. The Kier molecular flexibility index (Phi) is 5.91. The molecule has 0 radical (unpaired) electrons. The Morgan fingerprint density at radius 3 is 2.67 bits per heavy atom. The van der Waals surface area contributed by atoms with Gasteiger partial charge in [-0.25, -0.2) is 0 Å². The molecule has 9 heavy (non-hydrogen) atoms. The van der Waals surface area contributed by atoms with Crippen LogP contribution in [0.25, 0.3) is 0 Å². The molecule has 0 aromatic heterocycles. The van der Waals surface area contributed by atoms with E-state index in [1.807, 2.05) is 19.1 Å². The molecule has 1 N–H and O–H groups in total. The molecule has 0 rings (SSSR count). The molecule has 0 aliphatic rings. The molecule has 0 fully saturated rings. The number of rotatable bonds is 4. The van der Waals surface area contributed by atoms with E-state index in [1.54, 1.807) is 0 Å². The highest BCUT2D eigenvalue weighted by Gasteiger charge is 1.91. The van der Waals surface area contributed by atoms with Gasteiger partial charge in [0.25, 0.3) is 0 Å². The fourth-order valence-corrected chi connectivity index (χ4v) is 1.11. The molecule has 52 valence electrons. The number of hydrogen-bond donors (Lipinski definition) is 1. The maximum atomic E-state index is 3.69. The molecule has 0 aromatic carbocycles. The van der Waals surface area contributed by atoms with Crippen LogP contribution < -0.4 is 5.09 Å². The molecule has 0 bridgehead atoms. The summed E-state index contributed by atoms with van der Waals surface area (Å²) < 4.78 is 0. The summed E-state index contributed by atoms with van der Waals surface area (Å²) in [4.78, 5) is 0. The summed E-state index contributed by atoms with van der Waals surface area (Å²) in [5.74, 6) is 0. The van der Waals surface area contributed by atoms with Crippen molar-refractivity contribution in [2.75, 3.05) is 6.66 Å². The second kappa shape index (κ2) is 6.00. The van der Waals surface area contributed by atoms with Crippen molar-refractivity contribution in [2.45, 2.75) is 13.0 Å². The smallest absolute Gasteiger partial charge is 0.0464 e. The minimum Gasteiger partial charge on any atom is -0.288 e. The Hall–Kier alpha value is -0.130. The molecular formula is C7H14NP. The maximum Gasteiger partial charge on any atom is 0.0464 e. The average Bonchev–Trinajstić information content (AvgIpc) is 1.88. The van der Waals surface area contributed by atoms with E-state index >= 15 is 0 Å². The van der Waals surface area contributed by atoms with Gasteiger partial charge in [-0.3, -0.25) is 5.09 Å². The van der Waals surface area contributed by atoms with Crippen LogP contribution in [0.3, 0.4) is 0 Å². The average molecular weight is 143 g/mol. The summed E-state index contributed by atoms with van der Waals surface area (Å²) in [7, 11) is 0.782. The van der Waals surface area contributed by atoms with Gasteiger partial charge in [-0.2, -0.15) is 0 Å². The van der Waals surface area contributed by atoms with Gasteiger partial charge in [0.05, 0.1) is 0 Å². The van der Waals surface area contributed by atoms with E-state index in [-0.39, 0.29) is 0 Å². The van der Waals surface area contributed by atoms with Gasteiger partial charge >= 0.3 is 0 Å². The molecule has 0 aromatic rings. The van der Waals surface area contributed by atoms with Crippen LogP contribution in [0.1, 0.15) is 6.92 Å². The van der Waals surface area contributed by atoms with Crippen molar-refractivity contribution in [1.82, 2.24) is 5.09 Å². The lowest BCUT2D eigenvalue weighted by molar-refractivity contribution is 0.935. The summed E-state index contributed by atoms with van der Waals surface area (Å²) in [5.41, 5.74) is 0. The van der Waals surface area contributed by atoms with Gasteiger partial charge in [0.15, 0.2) is 0 Å². The molecule has 0 aliphatic heterocycles. The van der Waals surface area contributed by atoms with Crippen molar-refractivity contribution >= 4 is 8.73 Å². The van der Waals surface area contributed by atoms with Crippen LogP contribution in [-0.2, 0) is 0 Å². The summed E-state index contributed by atoms with van der Waals surface area (Å²) in [6, 6.07) is 0.360. The van der Waals surface area contributed by atoms with Crippen LogP contribution in [0.15, 0.2) is 24.8 Å². The molecule has 0 amide bonds. The Morgan fingerprint density at radius 2 is 2.33 bits per heavy atom. The fourth-order valence-electron chi connectivity index (χ4n) is 0.560. The predicted octanol–water partition coefficient (Wildman–Crippen LogP) is 1.93. The summed E-state index contributed by atoms with van der Waals surface area (Å²) in [6.07, 6.45) is 6.01. The molecule has 1 nitrogen and oxygen atoms in total. The van der Waals surface area contributed by atoms with Gasteiger partial charge in [-0.1, -0.05) is 27.0 Å². The van der Waals surface area contributed by atoms with Crippen LogP contribution in [-0.4, -0.2) is 12.7 Å². The maximum absolute atomic E-state index is 3.69. The van der Waals surface area contributed by atoms with Crippen LogP contribution in [0.4, 0.5) is 0 Å². The molecular weight excluding hydrogens is 129 g/mol. The van der Waals surface area contributed by atoms with Crippen molar-refractivity contribution in [3.8, 4) is 0 Å². The molecule has 2 atom stereocenters. The lowest BCUT2D eigenvalue weighted by Gasteiger charge is -2.05. The quantitative estimate of drug-likeness (QED) is 0.468. The molecule has 0 heterocycles. The van der Waals surface area contributed by atoms with Crippen LogP contribution >= 0.6 is 8.73 Å². The van der Waals surface area contributed by atoms with Gasteiger partial charge in [-0.05, 0) is 13.6 Å². The predicted molar refractivity (Wildman–Crippen MR) is 46.2 cm³/mol. The van der Waals surface area contributed by atoms with E-state index < -0.39 is 0 Å². The van der Waals surface area contributed by atoms with Crippen LogP contribution in [0, 0.1) is 0 Å². The highest BCUT2D eigenvalue weighted by molar-refractivity contribution is 7.34. The Balaban J connectivity index is 3.53. The Bertz CT molecular complexity index is 99.1. The Morgan fingerprint density at radius 1 is 1.67 bits per heavy atom. The lowest BCUT2D eigenvalue weighted by atomic mass is 10.3. The van der Waals surface area contributed by atoms with Gasteiger partial charge in [0.1, 0.15) is 0 Å². The molecule has 0 saturated heterocycles. The van der Waals surface area contributed by atoms with Gasteiger partial charge < -0.3 is 0 Å². The largest absolute Gasteiger partial charge is 0.288 e. The summed E-state index contributed by atoms with van der Waals surface area (Å²) in [5, 5.41) is 3.26. The second-order valence-corrected chi connectivity index (χ2v) is 2.47. The third kappa shape index (κ3) is 4.38. The van der Waals surface area contributed by atoms with E-state index in [0.717, 1.165) is 8.73 Å². The monoisotopic (exact) mass is 143 g/mol. The third-order valence-corrected chi connectivity index (χ3v) is 1.59. The normalized spacial score (nSPS) is 15.3. The van der Waals surface area contributed by atoms with Crippen molar-refractivity contribution < 1.29 is 0 Å². The first-order chi connectivity index (χ1) is 4.35. The minimum absolute atomic E-state index is 0.360. The topological polar surface area (TPSA) is 12.0 Å². The highest BCUT2D eigenvalue weighted by Crippen LogP contribution is 1.99. The van der Waals surface area contributed by atoms with Crippen LogP contribution in [0.2, 0.25) is 0 Å². The molecule has 0 aliphatic carbocycles. The van der Waals surface area contributed by atoms with Gasteiger partial charge in [-0.15, -0.1) is 6.58 Å². The molecule has 0 spiro atoms. The zero-order valence-corrected chi connectivity index (χ0v) is 7.02.